The van der Waals surface area contributed by atoms with E-state index in [4.69, 9.17) is 21.3 Å². The summed E-state index contributed by atoms with van der Waals surface area (Å²) in [5.41, 5.74) is 13.3. The predicted octanol–water partition coefficient (Wildman–Crippen LogP) is 3.16. The van der Waals surface area contributed by atoms with E-state index in [1.807, 2.05) is 38.1 Å². The monoisotopic (exact) mass is 449 g/mol. The van der Waals surface area contributed by atoms with Crippen molar-refractivity contribution in [2.24, 2.45) is 15.9 Å². The lowest BCUT2D eigenvalue weighted by atomic mass is 9.96. The first-order valence-corrected chi connectivity index (χ1v) is 11.5. The molecule has 0 spiro atoms. The number of hydrogen-bond acceptors (Lipinski definition) is 5. The standard InChI is InChI=1S/C14H21N3O2S.C9H11FO/c1-14(2)12(20(18)17-13(16)19-14)11-7-5-10(6-8-11)4-3-9-15;10-9-6-2-1-4-8(9)5-3-7-11/h5-8,12H,3-4,9,15H2,1-2H3,(H2,16,17);1-2,4,6,11H,3,5,7H2. The molecule has 1 heterocycles. The molecule has 6 nitrogen and oxygen atoms in total. The molecular weight excluding hydrogens is 417 g/mol. The Hall–Kier alpha value is -2.29. The van der Waals surface area contributed by atoms with Crippen LogP contribution < -0.4 is 11.5 Å². The normalized spacial score (nSPS) is 19.6. The largest absolute Gasteiger partial charge is 0.457 e. The fourth-order valence-corrected chi connectivity index (χ4v) is 4.62. The molecule has 170 valence electrons. The zero-order valence-corrected chi connectivity index (χ0v) is 18.9. The third-order valence-corrected chi connectivity index (χ3v) is 6.50. The Morgan fingerprint density at radius 1 is 1.13 bits per heavy atom. The van der Waals surface area contributed by atoms with Crippen molar-refractivity contribution in [1.82, 2.24) is 0 Å². The minimum Gasteiger partial charge on any atom is -0.457 e. The van der Waals surface area contributed by atoms with Gasteiger partial charge >= 0.3 is 0 Å². The molecule has 1 aliphatic rings. The van der Waals surface area contributed by atoms with Crippen LogP contribution in [0.25, 0.3) is 0 Å². The molecule has 8 heteroatoms. The molecule has 0 amide bonds. The van der Waals surface area contributed by atoms with Crippen LogP contribution in [0.3, 0.4) is 0 Å². The number of amidine groups is 1. The average molecular weight is 450 g/mol. The van der Waals surface area contributed by atoms with Crippen LogP contribution in [0.5, 0.6) is 0 Å². The van der Waals surface area contributed by atoms with Gasteiger partial charge in [-0.1, -0.05) is 42.5 Å². The first-order chi connectivity index (χ1) is 14.8. The second kappa shape index (κ2) is 11.9. The van der Waals surface area contributed by atoms with E-state index in [1.54, 1.807) is 18.2 Å². The number of hydrogen-bond donors (Lipinski definition) is 3. The molecular formula is C23H32FN3O3S. The highest BCUT2D eigenvalue weighted by molar-refractivity contribution is 7.84. The Labute approximate surface area is 186 Å². The first kappa shape index (κ1) is 25.0. The van der Waals surface area contributed by atoms with Gasteiger partial charge in [0.2, 0.25) is 0 Å². The third kappa shape index (κ3) is 7.41. The maximum atomic E-state index is 12.8. The minimum atomic E-state index is -1.42. The van der Waals surface area contributed by atoms with Crippen molar-refractivity contribution < 1.29 is 18.4 Å². The smallest absolute Gasteiger partial charge is 0.296 e. The van der Waals surface area contributed by atoms with E-state index >= 15 is 0 Å². The number of halogens is 1. The molecule has 0 bridgehead atoms. The summed E-state index contributed by atoms with van der Waals surface area (Å²) >= 11 is 0. The average Bonchev–Trinajstić information content (AvgIpc) is 2.72. The van der Waals surface area contributed by atoms with Crippen LogP contribution in [0.4, 0.5) is 4.39 Å². The van der Waals surface area contributed by atoms with Gasteiger partial charge in [0.25, 0.3) is 6.02 Å². The van der Waals surface area contributed by atoms with Crippen molar-refractivity contribution in [1.29, 1.82) is 0 Å². The summed E-state index contributed by atoms with van der Waals surface area (Å²) in [7, 11) is -1.42. The summed E-state index contributed by atoms with van der Waals surface area (Å²) in [6, 6.07) is 14.7. The van der Waals surface area contributed by atoms with Crippen molar-refractivity contribution in [2.45, 2.75) is 50.4 Å². The predicted molar refractivity (Wildman–Crippen MR) is 123 cm³/mol. The number of nitrogens with two attached hydrogens (primary N) is 2. The summed E-state index contributed by atoms with van der Waals surface area (Å²) < 4.78 is 34.4. The Kier molecular flexibility index (Phi) is 9.61. The number of ether oxygens (including phenoxy) is 1. The van der Waals surface area contributed by atoms with Crippen molar-refractivity contribution in [3.8, 4) is 0 Å². The summed E-state index contributed by atoms with van der Waals surface area (Å²) in [4.78, 5) is 0. The van der Waals surface area contributed by atoms with Crippen LogP contribution in [0, 0.1) is 5.82 Å². The summed E-state index contributed by atoms with van der Waals surface area (Å²) in [5, 5.41) is 8.18. The van der Waals surface area contributed by atoms with Gasteiger partial charge in [0.05, 0.1) is 0 Å². The summed E-state index contributed by atoms with van der Waals surface area (Å²) in [6.45, 7) is 4.55. The maximum Gasteiger partial charge on any atom is 0.296 e. The van der Waals surface area contributed by atoms with E-state index in [1.165, 1.54) is 11.6 Å². The molecule has 0 radical (unpaired) electrons. The molecule has 2 atom stereocenters. The molecule has 3 rings (SSSR count). The fourth-order valence-electron chi connectivity index (χ4n) is 3.38. The van der Waals surface area contributed by atoms with Crippen molar-refractivity contribution in [2.75, 3.05) is 13.2 Å². The SMILES string of the molecule is CC1(C)OC(N)=NS(=O)C1c1ccc(CCCN)cc1.OCCCc1ccccc1F. The third-order valence-electron chi connectivity index (χ3n) is 4.89. The number of rotatable bonds is 7. The molecule has 2 aromatic rings. The molecule has 5 N–H and O–H groups in total. The molecule has 31 heavy (non-hydrogen) atoms. The van der Waals surface area contributed by atoms with Gasteiger partial charge in [-0.05, 0) is 68.8 Å². The zero-order chi connectivity index (χ0) is 22.9. The van der Waals surface area contributed by atoms with E-state index in [9.17, 15) is 8.60 Å². The van der Waals surface area contributed by atoms with Crippen molar-refractivity contribution >= 4 is 17.0 Å². The molecule has 0 saturated carbocycles. The molecule has 2 unspecified atom stereocenters. The van der Waals surface area contributed by atoms with E-state index < -0.39 is 16.6 Å². The Bertz CT molecular complexity index is 888. The number of benzene rings is 2. The lowest BCUT2D eigenvalue weighted by molar-refractivity contribution is 0.0848. The molecule has 2 aromatic carbocycles. The molecule has 0 saturated heterocycles. The van der Waals surface area contributed by atoms with Crippen LogP contribution in [0.15, 0.2) is 52.9 Å². The number of aliphatic hydroxyl groups is 1. The molecule has 0 aromatic heterocycles. The van der Waals surface area contributed by atoms with Crippen molar-refractivity contribution in [3.63, 3.8) is 0 Å². The first-order valence-electron chi connectivity index (χ1n) is 10.4. The van der Waals surface area contributed by atoms with Gasteiger partial charge in [-0.15, -0.1) is 4.40 Å². The topological polar surface area (TPSA) is 111 Å². The van der Waals surface area contributed by atoms with Crippen LogP contribution in [-0.4, -0.2) is 34.1 Å². The lowest BCUT2D eigenvalue weighted by Crippen LogP contribution is -2.43. The van der Waals surface area contributed by atoms with Gasteiger partial charge in [-0.3, -0.25) is 0 Å². The Balaban J connectivity index is 0.000000262. The summed E-state index contributed by atoms with van der Waals surface area (Å²) in [6.07, 6.45) is 3.16. The second-order valence-electron chi connectivity index (χ2n) is 7.84. The van der Waals surface area contributed by atoms with E-state index in [0.717, 1.165) is 18.4 Å². The molecule has 0 aliphatic carbocycles. The van der Waals surface area contributed by atoms with Gasteiger partial charge in [-0.2, -0.15) is 0 Å². The Morgan fingerprint density at radius 2 is 1.81 bits per heavy atom. The zero-order valence-electron chi connectivity index (χ0n) is 18.1. The molecule has 0 fully saturated rings. The van der Waals surface area contributed by atoms with Crippen LogP contribution >= 0.6 is 0 Å². The number of aliphatic hydroxyl groups excluding tert-OH is 1. The second-order valence-corrected chi connectivity index (χ2v) is 9.05. The fraction of sp³-hybridized carbons (Fsp3) is 0.435. The Morgan fingerprint density at radius 3 is 2.39 bits per heavy atom. The summed E-state index contributed by atoms with van der Waals surface area (Å²) in [5.74, 6) is -0.180. The van der Waals surface area contributed by atoms with E-state index in [-0.39, 0.29) is 23.7 Å². The van der Waals surface area contributed by atoms with Crippen LogP contribution in [-0.2, 0) is 28.6 Å². The number of nitrogens with zero attached hydrogens (tertiary/aromatic N) is 1. The van der Waals surface area contributed by atoms with Gasteiger partial charge in [-0.25, -0.2) is 8.60 Å². The number of aryl methyl sites for hydroxylation is 2. The van der Waals surface area contributed by atoms with Gasteiger partial charge in [0.15, 0.2) is 11.0 Å². The highest BCUT2D eigenvalue weighted by atomic mass is 32.2. The maximum absolute atomic E-state index is 12.8. The van der Waals surface area contributed by atoms with Gasteiger partial charge < -0.3 is 21.3 Å². The van der Waals surface area contributed by atoms with Crippen LogP contribution in [0.2, 0.25) is 0 Å². The van der Waals surface area contributed by atoms with E-state index in [0.29, 0.717) is 24.9 Å². The highest BCUT2D eigenvalue weighted by Crippen LogP contribution is 2.37. The van der Waals surface area contributed by atoms with E-state index in [2.05, 4.69) is 4.40 Å². The van der Waals surface area contributed by atoms with Gasteiger partial charge in [0, 0.05) is 6.61 Å². The quantitative estimate of drug-likeness (QED) is 0.601. The highest BCUT2D eigenvalue weighted by Gasteiger charge is 2.41. The van der Waals surface area contributed by atoms with Gasteiger partial charge in [0.1, 0.15) is 16.7 Å². The molecule has 1 aliphatic heterocycles. The minimum absolute atomic E-state index is 0.0100. The lowest BCUT2D eigenvalue weighted by Gasteiger charge is -2.35. The van der Waals surface area contributed by atoms with Crippen molar-refractivity contribution in [3.05, 3.63) is 71.0 Å². The van der Waals surface area contributed by atoms with Crippen LogP contribution in [0.1, 0.15) is 48.6 Å².